The molecule has 150 valence electrons. The highest BCUT2D eigenvalue weighted by Crippen LogP contribution is 2.32. The van der Waals surface area contributed by atoms with E-state index in [1.165, 1.54) is 21.9 Å². The maximum absolute atomic E-state index is 12.9. The predicted molar refractivity (Wildman–Crippen MR) is 92.2 cm³/mol. The van der Waals surface area contributed by atoms with Gasteiger partial charge in [-0.1, -0.05) is 6.07 Å². The molecule has 1 atom stereocenters. The second kappa shape index (κ2) is 7.75. The highest BCUT2D eigenvalue weighted by atomic mass is 19.4. The number of aliphatic hydroxyl groups is 1. The third-order valence-corrected chi connectivity index (χ3v) is 4.02. The van der Waals surface area contributed by atoms with E-state index < -0.39 is 35.4 Å². The van der Waals surface area contributed by atoms with Gasteiger partial charge in [0.05, 0.1) is 11.6 Å². The van der Waals surface area contributed by atoms with Gasteiger partial charge in [-0.05, 0) is 45.4 Å². The minimum atomic E-state index is -4.53. The van der Waals surface area contributed by atoms with Crippen molar-refractivity contribution in [2.24, 2.45) is 0 Å². The summed E-state index contributed by atoms with van der Waals surface area (Å²) < 4.78 is 44.1. The van der Waals surface area contributed by atoms with E-state index in [1.54, 1.807) is 20.8 Å². The molecule has 1 aliphatic heterocycles. The molecular formula is C18H23F3N2O4. The number of carbonyl (C=O) groups is 2. The van der Waals surface area contributed by atoms with E-state index >= 15 is 0 Å². The van der Waals surface area contributed by atoms with Crippen LogP contribution < -0.4 is 4.90 Å². The Labute approximate surface area is 155 Å². The Morgan fingerprint density at radius 2 is 1.96 bits per heavy atom. The van der Waals surface area contributed by atoms with Crippen molar-refractivity contribution >= 4 is 17.7 Å². The van der Waals surface area contributed by atoms with Gasteiger partial charge in [0.1, 0.15) is 12.1 Å². The standard InChI is InChI=1S/C18H23F3N2O4/c1-17(2,3)27-16(26)23-11-15(25)22(10-14(23)7-8-24)13-6-4-5-12(9-13)18(19,20)21/h4-6,9,14,24H,7-8,10-11H2,1-3H3/t14-/m0/s1. The zero-order valence-electron chi connectivity index (χ0n) is 15.4. The number of amides is 2. The number of halogens is 3. The first-order valence-electron chi connectivity index (χ1n) is 8.50. The first-order valence-corrected chi connectivity index (χ1v) is 8.50. The lowest BCUT2D eigenvalue weighted by Gasteiger charge is -2.41. The van der Waals surface area contributed by atoms with Gasteiger partial charge in [0.2, 0.25) is 5.91 Å². The predicted octanol–water partition coefficient (Wildman–Crippen LogP) is 3.04. The monoisotopic (exact) mass is 388 g/mol. The number of benzene rings is 1. The molecule has 1 aliphatic rings. The lowest BCUT2D eigenvalue weighted by atomic mass is 10.1. The molecule has 0 spiro atoms. The maximum Gasteiger partial charge on any atom is 0.416 e. The average Bonchev–Trinajstić information content (AvgIpc) is 2.54. The summed E-state index contributed by atoms with van der Waals surface area (Å²) in [6.45, 7) is 4.45. The highest BCUT2D eigenvalue weighted by molar-refractivity contribution is 5.97. The molecule has 1 heterocycles. The van der Waals surface area contributed by atoms with Gasteiger partial charge in [-0.3, -0.25) is 9.69 Å². The van der Waals surface area contributed by atoms with Crippen LogP contribution in [-0.2, 0) is 15.7 Å². The second-order valence-corrected chi connectivity index (χ2v) is 7.33. The number of nitrogens with zero attached hydrogens (tertiary/aromatic N) is 2. The van der Waals surface area contributed by atoms with Crippen LogP contribution in [0.4, 0.5) is 23.7 Å². The van der Waals surface area contributed by atoms with Crippen molar-refractivity contribution in [3.63, 3.8) is 0 Å². The summed E-state index contributed by atoms with van der Waals surface area (Å²) in [5, 5.41) is 9.29. The molecule has 0 saturated carbocycles. The molecule has 6 nitrogen and oxygen atoms in total. The number of piperazine rings is 1. The molecule has 27 heavy (non-hydrogen) atoms. The van der Waals surface area contributed by atoms with E-state index in [2.05, 4.69) is 0 Å². The molecule has 9 heteroatoms. The molecule has 0 aromatic heterocycles. The molecular weight excluding hydrogens is 365 g/mol. The van der Waals surface area contributed by atoms with Gasteiger partial charge in [0.15, 0.2) is 0 Å². The Kier molecular flexibility index (Phi) is 6.04. The van der Waals surface area contributed by atoms with Gasteiger partial charge in [-0.25, -0.2) is 4.79 Å². The Hall–Kier alpha value is -2.29. The SMILES string of the molecule is CC(C)(C)OC(=O)N1CC(=O)N(c2cccc(C(F)(F)F)c2)C[C@@H]1CCO. The van der Waals surface area contributed by atoms with E-state index in [0.717, 1.165) is 12.1 Å². The van der Waals surface area contributed by atoms with Gasteiger partial charge in [0.25, 0.3) is 0 Å². The molecule has 2 amide bonds. The topological polar surface area (TPSA) is 70.1 Å². The highest BCUT2D eigenvalue weighted by Gasteiger charge is 2.38. The fourth-order valence-corrected chi connectivity index (χ4v) is 2.80. The van der Waals surface area contributed by atoms with Gasteiger partial charge in [-0.15, -0.1) is 0 Å². The van der Waals surface area contributed by atoms with Gasteiger partial charge in [-0.2, -0.15) is 13.2 Å². The first kappa shape index (κ1) is 21.0. The number of anilines is 1. The zero-order chi connectivity index (χ0) is 20.4. The summed E-state index contributed by atoms with van der Waals surface area (Å²) in [6, 6.07) is 3.89. The van der Waals surface area contributed by atoms with Crippen LogP contribution in [0.5, 0.6) is 0 Å². The number of ether oxygens (including phenoxy) is 1. The van der Waals surface area contributed by atoms with E-state index in [1.807, 2.05) is 0 Å². The Morgan fingerprint density at radius 1 is 1.30 bits per heavy atom. The minimum absolute atomic E-state index is 0.0278. The maximum atomic E-state index is 12.9. The summed E-state index contributed by atoms with van der Waals surface area (Å²) in [4.78, 5) is 27.3. The lowest BCUT2D eigenvalue weighted by molar-refractivity contribution is -0.137. The molecule has 1 aromatic rings. The fraction of sp³-hybridized carbons (Fsp3) is 0.556. The van der Waals surface area contributed by atoms with Crippen molar-refractivity contribution in [1.29, 1.82) is 0 Å². The second-order valence-electron chi connectivity index (χ2n) is 7.33. The molecule has 2 rings (SSSR count). The van der Waals surface area contributed by atoms with Gasteiger partial charge < -0.3 is 14.7 Å². The molecule has 1 N–H and O–H groups in total. The van der Waals surface area contributed by atoms with Crippen LogP contribution in [0.1, 0.15) is 32.8 Å². The smallest absolute Gasteiger partial charge is 0.416 e. The molecule has 0 unspecified atom stereocenters. The number of aliphatic hydroxyl groups excluding tert-OH is 1. The summed E-state index contributed by atoms with van der Waals surface area (Å²) >= 11 is 0. The largest absolute Gasteiger partial charge is 0.444 e. The molecule has 0 bridgehead atoms. The Bertz CT molecular complexity index is 701. The van der Waals surface area contributed by atoms with Gasteiger partial charge in [0, 0.05) is 18.8 Å². The van der Waals surface area contributed by atoms with Crippen LogP contribution in [0.25, 0.3) is 0 Å². The minimum Gasteiger partial charge on any atom is -0.444 e. The Morgan fingerprint density at radius 3 is 2.52 bits per heavy atom. The first-order chi connectivity index (χ1) is 12.4. The van der Waals surface area contributed by atoms with Gasteiger partial charge >= 0.3 is 12.3 Å². The average molecular weight is 388 g/mol. The van der Waals surface area contributed by atoms with Crippen LogP contribution in [0.15, 0.2) is 24.3 Å². The summed E-state index contributed by atoms with van der Waals surface area (Å²) in [5.74, 6) is -0.519. The van der Waals surface area contributed by atoms with E-state index in [9.17, 15) is 27.9 Å². The van der Waals surface area contributed by atoms with Crippen LogP contribution in [0, 0.1) is 0 Å². The number of alkyl halides is 3. The van der Waals surface area contributed by atoms with Crippen LogP contribution in [-0.4, -0.2) is 53.3 Å². The molecule has 1 saturated heterocycles. The van der Waals surface area contributed by atoms with E-state index in [0.29, 0.717) is 0 Å². The lowest BCUT2D eigenvalue weighted by Crippen LogP contribution is -2.59. The Balaban J connectivity index is 2.26. The molecule has 0 aliphatic carbocycles. The molecule has 0 radical (unpaired) electrons. The van der Waals surface area contributed by atoms with Crippen molar-refractivity contribution in [3.8, 4) is 0 Å². The summed E-state index contributed by atoms with van der Waals surface area (Å²) in [5.41, 5.74) is -1.52. The zero-order valence-corrected chi connectivity index (χ0v) is 15.4. The number of hydrogen-bond donors (Lipinski definition) is 1. The van der Waals surface area contributed by atoms with Crippen LogP contribution >= 0.6 is 0 Å². The van der Waals surface area contributed by atoms with E-state index in [-0.39, 0.29) is 31.8 Å². The number of rotatable bonds is 3. The number of carbonyl (C=O) groups excluding carboxylic acids is 2. The normalized spacial score (nSPS) is 18.6. The third kappa shape index (κ3) is 5.35. The molecule has 1 aromatic carbocycles. The van der Waals surface area contributed by atoms with Crippen LogP contribution in [0.3, 0.4) is 0 Å². The summed E-state index contributed by atoms with van der Waals surface area (Å²) in [6.07, 6.45) is -5.05. The fourth-order valence-electron chi connectivity index (χ4n) is 2.80. The molecule has 1 fully saturated rings. The van der Waals surface area contributed by atoms with Crippen molar-refractivity contribution in [2.75, 3.05) is 24.6 Å². The van der Waals surface area contributed by atoms with Crippen molar-refractivity contribution in [1.82, 2.24) is 4.90 Å². The summed E-state index contributed by atoms with van der Waals surface area (Å²) in [7, 11) is 0. The van der Waals surface area contributed by atoms with E-state index in [4.69, 9.17) is 4.74 Å². The van der Waals surface area contributed by atoms with Crippen molar-refractivity contribution < 1.29 is 32.6 Å². The van der Waals surface area contributed by atoms with Crippen LogP contribution in [0.2, 0.25) is 0 Å². The third-order valence-electron chi connectivity index (χ3n) is 4.02. The number of hydrogen-bond acceptors (Lipinski definition) is 4. The van der Waals surface area contributed by atoms with Crippen molar-refractivity contribution in [2.45, 2.75) is 45.0 Å². The van der Waals surface area contributed by atoms with Crippen molar-refractivity contribution in [3.05, 3.63) is 29.8 Å². The quantitative estimate of drug-likeness (QED) is 0.864.